The second-order valence-electron chi connectivity index (χ2n) is 6.25. The van der Waals surface area contributed by atoms with Crippen LogP contribution in [0.25, 0.3) is 0 Å². The van der Waals surface area contributed by atoms with Gasteiger partial charge in [-0.2, -0.15) is 5.10 Å². The summed E-state index contributed by atoms with van der Waals surface area (Å²) in [7, 11) is 0. The zero-order valence-electron chi connectivity index (χ0n) is 14.1. The zero-order valence-corrected chi connectivity index (χ0v) is 14.8. The predicted molar refractivity (Wildman–Crippen MR) is 93.9 cm³/mol. The van der Waals surface area contributed by atoms with Crippen molar-refractivity contribution in [1.82, 2.24) is 25.9 Å². The third kappa shape index (κ3) is 3.45. The Kier molecular flexibility index (Phi) is 4.89. The Morgan fingerprint density at radius 1 is 1.38 bits per heavy atom. The van der Waals surface area contributed by atoms with Gasteiger partial charge < -0.3 is 5.32 Å². The lowest BCUT2D eigenvalue weighted by Crippen LogP contribution is -2.44. The summed E-state index contributed by atoms with van der Waals surface area (Å²) in [5, 5.41) is 8.22. The van der Waals surface area contributed by atoms with Crippen molar-refractivity contribution in [1.29, 1.82) is 0 Å². The number of benzene rings is 1. The maximum Gasteiger partial charge on any atom is 0.256 e. The number of aromatic nitrogens is 2. The van der Waals surface area contributed by atoms with E-state index in [1.165, 1.54) is 0 Å². The predicted octanol–water partition coefficient (Wildman–Crippen LogP) is 2.14. The smallest absolute Gasteiger partial charge is 0.256 e. The van der Waals surface area contributed by atoms with Gasteiger partial charge in [0.05, 0.1) is 24.0 Å². The fourth-order valence-electron chi connectivity index (χ4n) is 3.01. The van der Waals surface area contributed by atoms with Crippen molar-refractivity contribution < 1.29 is 4.79 Å². The summed E-state index contributed by atoms with van der Waals surface area (Å²) >= 11 is 6.23. The van der Waals surface area contributed by atoms with Gasteiger partial charge in [-0.1, -0.05) is 29.8 Å². The normalized spacial score (nSPS) is 20.3. The first-order valence-corrected chi connectivity index (χ1v) is 8.43. The minimum atomic E-state index is -0.108. The molecule has 128 valence electrons. The van der Waals surface area contributed by atoms with Crippen LogP contribution < -0.4 is 16.2 Å². The second-order valence-corrected chi connectivity index (χ2v) is 6.65. The van der Waals surface area contributed by atoms with E-state index in [1.54, 1.807) is 0 Å². The highest BCUT2D eigenvalue weighted by Gasteiger charge is 2.25. The van der Waals surface area contributed by atoms with Crippen LogP contribution in [0.15, 0.2) is 24.3 Å². The minimum absolute atomic E-state index is 0.0711. The number of rotatable bonds is 4. The molecule has 1 aliphatic rings. The van der Waals surface area contributed by atoms with Crippen LogP contribution in [0.5, 0.6) is 0 Å². The molecule has 2 aromatic rings. The number of aryl methyl sites for hydroxylation is 1. The third-order valence-electron chi connectivity index (χ3n) is 4.29. The van der Waals surface area contributed by atoms with Crippen molar-refractivity contribution in [3.05, 3.63) is 51.8 Å². The SMILES string of the molecule is Cc1nn(Cc2ccccc2Cl)c(C)c1C(=O)NC1CC(C)NN1. The fourth-order valence-corrected chi connectivity index (χ4v) is 3.20. The van der Waals surface area contributed by atoms with Crippen molar-refractivity contribution >= 4 is 17.5 Å². The maximum absolute atomic E-state index is 12.6. The molecule has 6 nitrogen and oxygen atoms in total. The molecule has 24 heavy (non-hydrogen) atoms. The number of nitrogens with zero attached hydrogens (tertiary/aromatic N) is 2. The molecule has 1 aromatic carbocycles. The first kappa shape index (κ1) is 17.0. The fraction of sp³-hybridized carbons (Fsp3) is 0.412. The molecule has 0 radical (unpaired) electrons. The number of halogens is 1. The molecule has 2 heterocycles. The zero-order chi connectivity index (χ0) is 17.3. The van der Waals surface area contributed by atoms with Crippen LogP contribution in [-0.2, 0) is 6.54 Å². The number of hydrogen-bond donors (Lipinski definition) is 3. The van der Waals surface area contributed by atoms with Crippen molar-refractivity contribution in [2.75, 3.05) is 0 Å². The maximum atomic E-state index is 12.6. The van der Waals surface area contributed by atoms with E-state index in [2.05, 4.69) is 28.2 Å². The van der Waals surface area contributed by atoms with E-state index in [0.717, 1.165) is 23.4 Å². The summed E-state index contributed by atoms with van der Waals surface area (Å²) in [6, 6.07) is 8.00. The molecular formula is C17H22ClN5O. The molecule has 2 atom stereocenters. The Bertz CT molecular complexity index is 757. The minimum Gasteiger partial charge on any atom is -0.335 e. The van der Waals surface area contributed by atoms with Crippen LogP contribution in [0.4, 0.5) is 0 Å². The number of nitrogens with one attached hydrogen (secondary N) is 3. The highest BCUT2D eigenvalue weighted by molar-refractivity contribution is 6.31. The number of hydrazine groups is 1. The van der Waals surface area contributed by atoms with Crippen LogP contribution in [0.3, 0.4) is 0 Å². The third-order valence-corrected chi connectivity index (χ3v) is 4.65. The van der Waals surface area contributed by atoms with Gasteiger partial charge in [-0.25, -0.2) is 5.43 Å². The van der Waals surface area contributed by atoms with Crippen molar-refractivity contribution in [3.63, 3.8) is 0 Å². The van der Waals surface area contributed by atoms with Crippen LogP contribution in [0, 0.1) is 13.8 Å². The topological polar surface area (TPSA) is 71.0 Å². The van der Waals surface area contributed by atoms with Gasteiger partial charge in [-0.05, 0) is 38.8 Å². The molecule has 1 aliphatic heterocycles. The Hall–Kier alpha value is -1.89. The summed E-state index contributed by atoms with van der Waals surface area (Å²) in [5.41, 5.74) is 9.34. The molecule has 3 N–H and O–H groups in total. The molecule has 0 saturated carbocycles. The van der Waals surface area contributed by atoms with Crippen molar-refractivity contribution in [2.24, 2.45) is 0 Å². The van der Waals surface area contributed by atoms with E-state index in [-0.39, 0.29) is 12.1 Å². The molecular weight excluding hydrogens is 326 g/mol. The van der Waals surface area contributed by atoms with Crippen molar-refractivity contribution in [2.45, 2.75) is 45.9 Å². The summed E-state index contributed by atoms with van der Waals surface area (Å²) in [5.74, 6) is -0.108. The average Bonchev–Trinajstić information content (AvgIpc) is 3.05. The van der Waals surface area contributed by atoms with E-state index >= 15 is 0 Å². The molecule has 0 spiro atoms. The molecule has 1 amide bonds. The summed E-state index contributed by atoms with van der Waals surface area (Å²) in [6.45, 7) is 6.37. The van der Waals surface area contributed by atoms with E-state index in [0.29, 0.717) is 23.2 Å². The lowest BCUT2D eigenvalue weighted by molar-refractivity contribution is 0.0931. The summed E-state index contributed by atoms with van der Waals surface area (Å²) < 4.78 is 1.83. The highest BCUT2D eigenvalue weighted by atomic mass is 35.5. The van der Waals surface area contributed by atoms with Crippen LogP contribution >= 0.6 is 11.6 Å². The molecule has 0 bridgehead atoms. The molecule has 7 heteroatoms. The van der Waals surface area contributed by atoms with Gasteiger partial charge in [-0.15, -0.1) is 0 Å². The summed E-state index contributed by atoms with van der Waals surface area (Å²) in [4.78, 5) is 12.6. The van der Waals surface area contributed by atoms with Gasteiger partial charge in [0.2, 0.25) is 0 Å². The standard InChI is InChI=1S/C17H22ClN5O/c1-10-8-15(21-20-10)19-17(24)16-11(2)22-23(12(16)3)9-13-6-4-5-7-14(13)18/h4-7,10,15,20-21H,8-9H2,1-3H3,(H,19,24). The average molecular weight is 348 g/mol. The first-order valence-electron chi connectivity index (χ1n) is 8.05. The largest absolute Gasteiger partial charge is 0.335 e. The number of amides is 1. The Morgan fingerprint density at radius 3 is 2.79 bits per heavy atom. The van der Waals surface area contributed by atoms with Gasteiger partial charge in [0, 0.05) is 16.8 Å². The quantitative estimate of drug-likeness (QED) is 0.792. The molecule has 1 saturated heterocycles. The Labute approximate surface area is 146 Å². The van der Waals surface area contributed by atoms with Gasteiger partial charge >= 0.3 is 0 Å². The molecule has 2 unspecified atom stereocenters. The monoisotopic (exact) mass is 347 g/mol. The van der Waals surface area contributed by atoms with Crippen LogP contribution in [0.1, 0.15) is 40.7 Å². The van der Waals surface area contributed by atoms with Gasteiger partial charge in [0.1, 0.15) is 0 Å². The van der Waals surface area contributed by atoms with Gasteiger partial charge in [0.15, 0.2) is 0 Å². The number of hydrogen-bond acceptors (Lipinski definition) is 4. The van der Waals surface area contributed by atoms with E-state index < -0.39 is 0 Å². The van der Waals surface area contributed by atoms with Crippen LogP contribution in [0.2, 0.25) is 5.02 Å². The number of carbonyl (C=O) groups excluding carboxylic acids is 1. The van der Waals surface area contributed by atoms with Crippen LogP contribution in [-0.4, -0.2) is 27.9 Å². The molecule has 1 fully saturated rings. The number of carbonyl (C=O) groups is 1. The second kappa shape index (κ2) is 6.93. The van der Waals surface area contributed by atoms with E-state index in [1.807, 2.05) is 42.8 Å². The molecule has 0 aliphatic carbocycles. The molecule has 1 aromatic heterocycles. The van der Waals surface area contributed by atoms with Crippen molar-refractivity contribution in [3.8, 4) is 0 Å². The Balaban J connectivity index is 1.79. The first-order chi connectivity index (χ1) is 11.5. The highest BCUT2D eigenvalue weighted by Crippen LogP contribution is 2.19. The van der Waals surface area contributed by atoms with Gasteiger partial charge in [0.25, 0.3) is 5.91 Å². The van der Waals surface area contributed by atoms with E-state index in [4.69, 9.17) is 11.6 Å². The summed E-state index contributed by atoms with van der Waals surface area (Å²) in [6.07, 6.45) is 0.774. The molecule has 3 rings (SSSR count). The van der Waals surface area contributed by atoms with E-state index in [9.17, 15) is 4.79 Å². The van der Waals surface area contributed by atoms with Gasteiger partial charge in [-0.3, -0.25) is 14.9 Å². The lowest BCUT2D eigenvalue weighted by Gasteiger charge is -2.12. The lowest BCUT2D eigenvalue weighted by atomic mass is 10.1. The Morgan fingerprint density at radius 2 is 2.12 bits per heavy atom.